The van der Waals surface area contributed by atoms with Crippen LogP contribution in [0.15, 0.2) is 11.6 Å². The van der Waals surface area contributed by atoms with E-state index in [0.717, 1.165) is 0 Å². The van der Waals surface area contributed by atoms with Gasteiger partial charge in [0.15, 0.2) is 0 Å². The van der Waals surface area contributed by atoms with Crippen molar-refractivity contribution < 1.29 is 19.5 Å². The fourth-order valence-electron chi connectivity index (χ4n) is 3.63. The minimum Gasteiger partial charge on any atom is -0.478 e. The molecule has 0 aromatic heterocycles. The van der Waals surface area contributed by atoms with Crippen molar-refractivity contribution in [2.45, 2.75) is 98.8 Å². The van der Waals surface area contributed by atoms with Crippen LogP contribution in [0, 0.1) is 11.8 Å². The van der Waals surface area contributed by atoms with Crippen molar-refractivity contribution in [3.8, 4) is 0 Å². The van der Waals surface area contributed by atoms with E-state index in [2.05, 4.69) is 10.6 Å². The van der Waals surface area contributed by atoms with Crippen LogP contribution in [0.2, 0.25) is 0 Å². The van der Waals surface area contributed by atoms with Gasteiger partial charge in [-0.3, -0.25) is 9.59 Å². The summed E-state index contributed by atoms with van der Waals surface area (Å²) in [6.45, 7) is 17.1. The van der Waals surface area contributed by atoms with Crippen LogP contribution < -0.4 is 10.6 Å². The Bertz CT molecular complexity index is 622. The number of hydrogen-bond donors (Lipinski definition) is 3. The second-order valence-corrected chi connectivity index (χ2v) is 9.12. The van der Waals surface area contributed by atoms with Crippen molar-refractivity contribution in [1.29, 1.82) is 0 Å². The molecule has 0 unspecified atom stereocenters. The van der Waals surface area contributed by atoms with Crippen molar-refractivity contribution >= 4 is 17.8 Å². The lowest BCUT2D eigenvalue weighted by Crippen LogP contribution is -2.63. The normalized spacial score (nSPS) is 14.8. The van der Waals surface area contributed by atoms with Crippen molar-refractivity contribution in [2.75, 3.05) is 7.05 Å². The lowest BCUT2D eigenvalue weighted by Gasteiger charge is -2.38. The molecule has 0 fully saturated rings. The fraction of sp³-hybridized carbons (Fsp3) is 0.783. The number of amides is 2. The molecule has 0 rings (SSSR count). The molecule has 0 saturated heterocycles. The van der Waals surface area contributed by atoms with E-state index in [4.69, 9.17) is 0 Å². The topological polar surface area (TPSA) is 98.7 Å². The Morgan fingerprint density at radius 1 is 1.00 bits per heavy atom. The Balaban J connectivity index is 5.83. The highest BCUT2D eigenvalue weighted by Gasteiger charge is 2.39. The van der Waals surface area contributed by atoms with E-state index in [1.807, 2.05) is 55.4 Å². The molecular weight excluding hydrogens is 382 g/mol. The molecule has 0 aromatic carbocycles. The van der Waals surface area contributed by atoms with Crippen molar-refractivity contribution in [3.05, 3.63) is 11.6 Å². The van der Waals surface area contributed by atoms with Crippen LogP contribution in [0.4, 0.5) is 0 Å². The molecule has 0 aliphatic rings. The Morgan fingerprint density at radius 3 is 1.83 bits per heavy atom. The number of carbonyl (C=O) groups is 3. The molecule has 3 N–H and O–H groups in total. The van der Waals surface area contributed by atoms with Gasteiger partial charge in [0.2, 0.25) is 11.8 Å². The highest BCUT2D eigenvalue weighted by atomic mass is 16.4. The largest absolute Gasteiger partial charge is 0.478 e. The molecule has 0 aliphatic carbocycles. The third-order valence-corrected chi connectivity index (χ3v) is 5.66. The highest BCUT2D eigenvalue weighted by molar-refractivity contribution is 5.92. The predicted octanol–water partition coefficient (Wildman–Crippen LogP) is 3.20. The van der Waals surface area contributed by atoms with Gasteiger partial charge in [0.1, 0.15) is 6.04 Å². The summed E-state index contributed by atoms with van der Waals surface area (Å²) in [6.07, 6.45) is 2.82. The third-order valence-electron chi connectivity index (χ3n) is 5.66. The molecule has 30 heavy (non-hydrogen) atoms. The number of aliphatic carboxylic acids is 1. The lowest BCUT2D eigenvalue weighted by molar-refractivity contribution is -0.140. The summed E-state index contributed by atoms with van der Waals surface area (Å²) in [5.74, 6) is -1.51. The van der Waals surface area contributed by atoms with Gasteiger partial charge >= 0.3 is 5.97 Å². The van der Waals surface area contributed by atoms with Gasteiger partial charge in [0.25, 0.3) is 0 Å². The van der Waals surface area contributed by atoms with Crippen LogP contribution >= 0.6 is 0 Å². The number of hydrogen-bond acceptors (Lipinski definition) is 4. The molecule has 0 aromatic rings. The second-order valence-electron chi connectivity index (χ2n) is 9.12. The van der Waals surface area contributed by atoms with E-state index in [1.165, 1.54) is 6.92 Å². The van der Waals surface area contributed by atoms with Gasteiger partial charge in [-0.15, -0.1) is 0 Å². The number of carboxylic acid groups (broad SMARTS) is 1. The number of likely N-dealkylation sites (N-methyl/N-ethyl adjacent to an activating group) is 1. The summed E-state index contributed by atoms with van der Waals surface area (Å²) in [7, 11) is 1.67. The van der Waals surface area contributed by atoms with Crippen LogP contribution in [0.25, 0.3) is 0 Å². The summed E-state index contributed by atoms with van der Waals surface area (Å²) in [5.41, 5.74) is -0.548. The standard InChI is InChI=1S/C23H43N3O4/c1-11-23(12-2,25-16(7)8)22(30)24-19(15(5)6)20(27)26(10)18(14(3)4)13-17(9)21(28)29/h13-16,18-19,25H,11-12H2,1-10H3,(H,24,30)(H,28,29)/b17-13+/t18-,19+/m1/s1. The maximum Gasteiger partial charge on any atom is 0.331 e. The fourth-order valence-corrected chi connectivity index (χ4v) is 3.63. The van der Waals surface area contributed by atoms with Crippen LogP contribution in [0.1, 0.15) is 75.2 Å². The highest BCUT2D eigenvalue weighted by Crippen LogP contribution is 2.20. The van der Waals surface area contributed by atoms with Crippen LogP contribution in [-0.4, -0.2) is 58.5 Å². The predicted molar refractivity (Wildman–Crippen MR) is 121 cm³/mol. The van der Waals surface area contributed by atoms with E-state index in [1.54, 1.807) is 18.0 Å². The number of carboxylic acids is 1. The molecule has 7 heteroatoms. The minimum absolute atomic E-state index is 0.0183. The SMILES string of the molecule is CCC(CC)(NC(C)C)C(=O)N[C@H](C(=O)N(C)[C@H](/C=C(\C)C(=O)O)C(C)C)C(C)C. The maximum atomic E-state index is 13.4. The van der Waals surface area contributed by atoms with Crippen LogP contribution in [0.5, 0.6) is 0 Å². The molecule has 2 atom stereocenters. The Hall–Kier alpha value is -1.89. The van der Waals surface area contributed by atoms with Crippen LogP contribution in [-0.2, 0) is 14.4 Å². The third kappa shape index (κ3) is 7.42. The molecule has 2 amide bonds. The molecule has 174 valence electrons. The quantitative estimate of drug-likeness (QED) is 0.417. The first kappa shape index (κ1) is 28.1. The lowest BCUT2D eigenvalue weighted by atomic mass is 9.89. The number of nitrogens with one attached hydrogen (secondary N) is 2. The molecule has 7 nitrogen and oxygen atoms in total. The number of carbonyl (C=O) groups excluding carboxylic acids is 2. The second kappa shape index (κ2) is 12.1. The number of nitrogens with zero attached hydrogens (tertiary/aromatic N) is 1. The molecule has 0 spiro atoms. The Labute approximate surface area is 182 Å². The van der Waals surface area contributed by atoms with E-state index in [-0.39, 0.29) is 41.3 Å². The molecule has 0 bridgehead atoms. The number of rotatable bonds is 12. The van der Waals surface area contributed by atoms with Gasteiger partial charge in [0, 0.05) is 18.7 Å². The van der Waals surface area contributed by atoms with E-state index in [9.17, 15) is 19.5 Å². The first-order chi connectivity index (χ1) is 13.7. The maximum absolute atomic E-state index is 13.4. The van der Waals surface area contributed by atoms with Crippen molar-refractivity contribution in [1.82, 2.24) is 15.5 Å². The zero-order valence-corrected chi connectivity index (χ0v) is 20.5. The summed E-state index contributed by atoms with van der Waals surface area (Å²) in [6, 6.07) is -0.961. The summed E-state index contributed by atoms with van der Waals surface area (Å²) in [4.78, 5) is 39.4. The summed E-state index contributed by atoms with van der Waals surface area (Å²) >= 11 is 0. The van der Waals surface area contributed by atoms with Gasteiger partial charge in [-0.2, -0.15) is 0 Å². The van der Waals surface area contributed by atoms with Crippen molar-refractivity contribution in [2.24, 2.45) is 11.8 Å². The van der Waals surface area contributed by atoms with E-state index >= 15 is 0 Å². The summed E-state index contributed by atoms with van der Waals surface area (Å²) in [5, 5.41) is 15.6. The first-order valence-electron chi connectivity index (χ1n) is 11.0. The monoisotopic (exact) mass is 425 g/mol. The van der Waals surface area contributed by atoms with Crippen molar-refractivity contribution in [3.63, 3.8) is 0 Å². The average Bonchev–Trinajstić information content (AvgIpc) is 2.65. The van der Waals surface area contributed by atoms with E-state index in [0.29, 0.717) is 12.8 Å². The summed E-state index contributed by atoms with van der Waals surface area (Å²) < 4.78 is 0. The van der Waals surface area contributed by atoms with Gasteiger partial charge in [-0.25, -0.2) is 4.79 Å². The molecule has 0 aliphatic heterocycles. The van der Waals surface area contributed by atoms with Gasteiger partial charge in [-0.05, 0) is 45.4 Å². The van der Waals surface area contributed by atoms with Gasteiger partial charge in [-0.1, -0.05) is 47.6 Å². The first-order valence-corrected chi connectivity index (χ1v) is 11.0. The average molecular weight is 426 g/mol. The zero-order valence-electron chi connectivity index (χ0n) is 20.5. The zero-order chi connectivity index (χ0) is 23.8. The molecule has 0 heterocycles. The van der Waals surface area contributed by atoms with Crippen LogP contribution in [0.3, 0.4) is 0 Å². The molecule has 0 saturated carbocycles. The molecule has 0 radical (unpaired) electrons. The Kier molecular flexibility index (Phi) is 11.3. The smallest absolute Gasteiger partial charge is 0.331 e. The minimum atomic E-state index is -1.01. The van der Waals surface area contributed by atoms with Gasteiger partial charge < -0.3 is 20.6 Å². The Morgan fingerprint density at radius 2 is 1.50 bits per heavy atom. The molecular formula is C23H43N3O4. The van der Waals surface area contributed by atoms with Gasteiger partial charge in [0.05, 0.1) is 11.6 Å². The van der Waals surface area contributed by atoms with E-state index < -0.39 is 17.6 Å².